The van der Waals surface area contributed by atoms with Crippen molar-refractivity contribution >= 4 is 17.4 Å². The standard InChI is InChI=1S/C20H24FN7O2/c21-16-3-1-15(2-4-16)20(30)22-8-7-18-24-23-17-5-6-19(25-28(17)18)27-11-9-26(10-12-27)13-14-29/h1-6,29H,7-14H2,(H,22,30). The number of anilines is 1. The van der Waals surface area contributed by atoms with Crippen LogP contribution in [0.15, 0.2) is 36.4 Å². The number of aromatic nitrogens is 4. The second-order valence-corrected chi connectivity index (χ2v) is 7.14. The zero-order valence-corrected chi connectivity index (χ0v) is 16.5. The lowest BCUT2D eigenvalue weighted by atomic mass is 10.2. The number of nitrogens with zero attached hydrogens (tertiary/aromatic N) is 6. The van der Waals surface area contributed by atoms with Crippen molar-refractivity contribution < 1.29 is 14.3 Å². The first-order valence-electron chi connectivity index (χ1n) is 9.97. The van der Waals surface area contributed by atoms with Crippen molar-refractivity contribution in [2.75, 3.05) is 50.8 Å². The number of hydrogen-bond acceptors (Lipinski definition) is 7. The Bertz CT molecular complexity index is 1000. The lowest BCUT2D eigenvalue weighted by Gasteiger charge is -2.34. The van der Waals surface area contributed by atoms with E-state index < -0.39 is 0 Å². The van der Waals surface area contributed by atoms with Crippen LogP contribution in [0.2, 0.25) is 0 Å². The van der Waals surface area contributed by atoms with Gasteiger partial charge in [0.25, 0.3) is 5.91 Å². The van der Waals surface area contributed by atoms with E-state index in [-0.39, 0.29) is 18.3 Å². The monoisotopic (exact) mass is 413 g/mol. The van der Waals surface area contributed by atoms with Crippen LogP contribution in [0.3, 0.4) is 0 Å². The van der Waals surface area contributed by atoms with E-state index >= 15 is 0 Å². The molecule has 1 saturated heterocycles. The highest BCUT2D eigenvalue weighted by Gasteiger charge is 2.19. The summed E-state index contributed by atoms with van der Waals surface area (Å²) in [6, 6.07) is 9.24. The normalized spacial score (nSPS) is 14.9. The van der Waals surface area contributed by atoms with Crippen LogP contribution in [0.4, 0.5) is 10.2 Å². The number of piperazine rings is 1. The molecule has 0 radical (unpaired) electrons. The van der Waals surface area contributed by atoms with Crippen LogP contribution < -0.4 is 10.2 Å². The molecule has 30 heavy (non-hydrogen) atoms. The molecular formula is C20H24FN7O2. The highest BCUT2D eigenvalue weighted by molar-refractivity contribution is 5.94. The van der Waals surface area contributed by atoms with E-state index in [2.05, 4.69) is 25.3 Å². The number of hydrogen-bond donors (Lipinski definition) is 2. The molecule has 0 saturated carbocycles. The zero-order chi connectivity index (χ0) is 20.9. The number of β-amino-alcohol motifs (C(OH)–C–C–N with tert-alkyl or cyclic N) is 1. The van der Waals surface area contributed by atoms with Gasteiger partial charge >= 0.3 is 0 Å². The minimum absolute atomic E-state index is 0.173. The molecule has 2 N–H and O–H groups in total. The molecule has 0 unspecified atom stereocenters. The van der Waals surface area contributed by atoms with Crippen LogP contribution in [-0.2, 0) is 6.42 Å². The average molecular weight is 413 g/mol. The second-order valence-electron chi connectivity index (χ2n) is 7.14. The third-order valence-corrected chi connectivity index (χ3v) is 5.17. The van der Waals surface area contributed by atoms with E-state index in [0.717, 1.165) is 32.0 Å². The average Bonchev–Trinajstić information content (AvgIpc) is 3.17. The van der Waals surface area contributed by atoms with E-state index in [1.54, 1.807) is 4.52 Å². The Balaban J connectivity index is 1.38. The molecular weight excluding hydrogens is 389 g/mol. The van der Waals surface area contributed by atoms with E-state index in [1.165, 1.54) is 24.3 Å². The quantitative estimate of drug-likeness (QED) is 0.577. The summed E-state index contributed by atoms with van der Waals surface area (Å²) in [7, 11) is 0. The Morgan fingerprint density at radius 1 is 1.07 bits per heavy atom. The maximum Gasteiger partial charge on any atom is 0.251 e. The zero-order valence-electron chi connectivity index (χ0n) is 16.5. The van der Waals surface area contributed by atoms with Crippen LogP contribution >= 0.6 is 0 Å². The Labute approximate surface area is 173 Å². The summed E-state index contributed by atoms with van der Waals surface area (Å²) in [6.45, 7) is 4.66. The molecule has 0 aliphatic carbocycles. The smallest absolute Gasteiger partial charge is 0.251 e. The third kappa shape index (κ3) is 4.55. The molecule has 1 aliphatic rings. The molecule has 0 atom stereocenters. The van der Waals surface area contributed by atoms with Crippen molar-refractivity contribution in [2.45, 2.75) is 6.42 Å². The molecule has 1 amide bonds. The Kier molecular flexibility index (Phi) is 6.15. The highest BCUT2D eigenvalue weighted by Crippen LogP contribution is 2.15. The third-order valence-electron chi connectivity index (χ3n) is 5.17. The summed E-state index contributed by atoms with van der Waals surface area (Å²) >= 11 is 0. The molecule has 1 aromatic carbocycles. The topological polar surface area (TPSA) is 98.9 Å². The minimum Gasteiger partial charge on any atom is -0.395 e. The van der Waals surface area contributed by atoms with Crippen molar-refractivity contribution in [1.82, 2.24) is 30.0 Å². The van der Waals surface area contributed by atoms with Gasteiger partial charge in [0.05, 0.1) is 6.61 Å². The largest absolute Gasteiger partial charge is 0.395 e. The van der Waals surface area contributed by atoms with Gasteiger partial charge in [-0.1, -0.05) is 0 Å². The van der Waals surface area contributed by atoms with Crippen molar-refractivity contribution in [3.63, 3.8) is 0 Å². The van der Waals surface area contributed by atoms with Gasteiger partial charge in [-0.15, -0.1) is 15.3 Å². The number of benzene rings is 1. The molecule has 1 fully saturated rings. The summed E-state index contributed by atoms with van der Waals surface area (Å²) in [5, 5.41) is 24.9. The fourth-order valence-electron chi connectivity index (χ4n) is 3.48. The Morgan fingerprint density at radius 3 is 2.57 bits per heavy atom. The molecule has 10 heteroatoms. The van der Waals surface area contributed by atoms with Crippen LogP contribution in [0.1, 0.15) is 16.2 Å². The summed E-state index contributed by atoms with van der Waals surface area (Å²) in [5.74, 6) is 0.865. The van der Waals surface area contributed by atoms with Gasteiger partial charge in [-0.3, -0.25) is 9.69 Å². The number of rotatable bonds is 7. The summed E-state index contributed by atoms with van der Waals surface area (Å²) < 4.78 is 14.7. The predicted octanol–water partition coefficient (Wildman–Crippen LogP) is 0.350. The fourth-order valence-corrected chi connectivity index (χ4v) is 3.48. The number of amides is 1. The van der Waals surface area contributed by atoms with Crippen molar-refractivity contribution in [1.29, 1.82) is 0 Å². The molecule has 2 aromatic heterocycles. The first-order valence-corrected chi connectivity index (χ1v) is 9.97. The number of nitrogens with one attached hydrogen (secondary N) is 1. The molecule has 1 aliphatic heterocycles. The summed E-state index contributed by atoms with van der Waals surface area (Å²) in [5.41, 5.74) is 1.06. The van der Waals surface area contributed by atoms with Crippen LogP contribution in [0.5, 0.6) is 0 Å². The Hall–Kier alpha value is -3.11. The van der Waals surface area contributed by atoms with Gasteiger partial charge in [0, 0.05) is 51.3 Å². The minimum atomic E-state index is -0.377. The summed E-state index contributed by atoms with van der Waals surface area (Å²) in [4.78, 5) is 16.6. The van der Waals surface area contributed by atoms with Crippen LogP contribution in [-0.4, -0.2) is 81.6 Å². The first kappa shape index (κ1) is 20.2. The van der Waals surface area contributed by atoms with E-state index in [9.17, 15) is 9.18 Å². The Morgan fingerprint density at radius 2 is 1.83 bits per heavy atom. The second kappa shape index (κ2) is 9.14. The molecule has 3 aromatic rings. The van der Waals surface area contributed by atoms with Gasteiger partial charge < -0.3 is 15.3 Å². The molecule has 158 valence electrons. The fraction of sp³-hybridized carbons (Fsp3) is 0.400. The van der Waals surface area contributed by atoms with Crippen molar-refractivity contribution in [3.05, 3.63) is 53.6 Å². The van der Waals surface area contributed by atoms with Crippen LogP contribution in [0, 0.1) is 5.82 Å². The highest BCUT2D eigenvalue weighted by atomic mass is 19.1. The van der Waals surface area contributed by atoms with Gasteiger partial charge in [0.1, 0.15) is 11.6 Å². The SMILES string of the molecule is O=C(NCCc1nnc2ccc(N3CCN(CCO)CC3)nn12)c1ccc(F)cc1. The van der Waals surface area contributed by atoms with E-state index in [0.29, 0.717) is 36.5 Å². The predicted molar refractivity (Wildman–Crippen MR) is 109 cm³/mol. The van der Waals surface area contributed by atoms with Gasteiger partial charge in [-0.2, -0.15) is 4.52 Å². The number of carbonyl (C=O) groups is 1. The first-order chi connectivity index (χ1) is 14.6. The van der Waals surface area contributed by atoms with Crippen LogP contribution in [0.25, 0.3) is 5.65 Å². The number of aliphatic hydroxyl groups excluding tert-OH is 1. The number of halogens is 1. The lowest BCUT2D eigenvalue weighted by molar-refractivity contribution is 0.0954. The number of fused-ring (bicyclic) bond motifs is 1. The maximum absolute atomic E-state index is 13.0. The molecule has 9 nitrogen and oxygen atoms in total. The van der Waals surface area contributed by atoms with Gasteiger partial charge in [0.2, 0.25) is 0 Å². The maximum atomic E-state index is 13.0. The molecule has 4 rings (SSSR count). The van der Waals surface area contributed by atoms with Crippen molar-refractivity contribution in [2.24, 2.45) is 0 Å². The molecule has 0 bridgehead atoms. The van der Waals surface area contributed by atoms with Crippen molar-refractivity contribution in [3.8, 4) is 0 Å². The van der Waals surface area contributed by atoms with Gasteiger partial charge in [-0.25, -0.2) is 4.39 Å². The van der Waals surface area contributed by atoms with E-state index in [4.69, 9.17) is 10.2 Å². The molecule has 3 heterocycles. The number of aliphatic hydroxyl groups is 1. The molecule has 0 spiro atoms. The van der Waals surface area contributed by atoms with Gasteiger partial charge in [0.15, 0.2) is 11.5 Å². The van der Waals surface area contributed by atoms with E-state index in [1.807, 2.05) is 12.1 Å². The summed E-state index contributed by atoms with van der Waals surface area (Å²) in [6.07, 6.45) is 0.467. The number of carbonyl (C=O) groups excluding carboxylic acids is 1. The van der Waals surface area contributed by atoms with Gasteiger partial charge in [-0.05, 0) is 36.4 Å². The lowest BCUT2D eigenvalue weighted by Crippen LogP contribution is -2.47.